The highest BCUT2D eigenvalue weighted by atomic mass is 31.2. The molecule has 15 nitrogen and oxygen atoms in total. The van der Waals surface area contributed by atoms with Gasteiger partial charge in [0, 0.05) is 17.1 Å². The summed E-state index contributed by atoms with van der Waals surface area (Å²) in [5.74, 6) is -5.47. The minimum Gasteiger partial charge on any atom is -0.460 e. The van der Waals surface area contributed by atoms with E-state index in [0.717, 1.165) is 17.8 Å². The number of nitrogens with one attached hydrogen (secondary N) is 1. The molecule has 1 saturated heterocycles. The highest BCUT2D eigenvalue weighted by molar-refractivity contribution is 7.50. The minimum absolute atomic E-state index is 0.100. The van der Waals surface area contributed by atoms with Crippen LogP contribution < -0.4 is 10.8 Å². The van der Waals surface area contributed by atoms with E-state index < -0.39 is 68.8 Å². The molecule has 5 rings (SSSR count). The largest absolute Gasteiger partial charge is 0.460 e. The van der Waals surface area contributed by atoms with E-state index in [1.165, 1.54) is 6.92 Å². The lowest BCUT2D eigenvalue weighted by atomic mass is 10.1. The van der Waals surface area contributed by atoms with Crippen molar-refractivity contribution in [3.8, 4) is 0 Å². The number of benzene rings is 2. The Bertz CT molecular complexity index is 1950. The summed E-state index contributed by atoms with van der Waals surface area (Å²) < 4.78 is 69.1. The van der Waals surface area contributed by atoms with E-state index in [1.807, 2.05) is 18.1 Å². The quantitative estimate of drug-likeness (QED) is 0.109. The number of alkyl halides is 2. The molecule has 5 atom stereocenters. The minimum atomic E-state index is -4.81. The van der Waals surface area contributed by atoms with E-state index in [4.69, 9.17) is 23.2 Å². The molecule has 0 saturated carbocycles. The molecule has 268 valence electrons. The molecule has 1 unspecified atom stereocenters. The van der Waals surface area contributed by atoms with Gasteiger partial charge < -0.3 is 33.7 Å². The molecular formula is C32H34F2N3O12P. The first kappa shape index (κ1) is 36.9. The van der Waals surface area contributed by atoms with Crippen LogP contribution in [-0.2, 0) is 59.1 Å². The Hall–Kier alpha value is -4.35. The molecule has 0 radical (unpaired) electrons. The van der Waals surface area contributed by atoms with Crippen molar-refractivity contribution >= 4 is 30.7 Å². The highest BCUT2D eigenvalue weighted by Gasteiger charge is 2.60. The fourth-order valence-electron chi connectivity index (χ4n) is 5.18. The van der Waals surface area contributed by atoms with Gasteiger partial charge >= 0.3 is 31.3 Å². The number of carbonyl (C=O) groups excluding carboxylic acids is 2. The zero-order chi connectivity index (χ0) is 36.2. The van der Waals surface area contributed by atoms with Gasteiger partial charge in [0.25, 0.3) is 0 Å². The SMILES string of the molecule is Cc1cc(CO)c2oc(COC(=O)Cc3ccn([C@@H]4O[C@H](COP(=O)(O)N[C@@H](C)C(=O)OCc5ccccc5)[C@@H](O)C4(F)F)c(=O)n3)cc2c1. The summed E-state index contributed by atoms with van der Waals surface area (Å²) in [5, 5.41) is 22.6. The molecule has 0 amide bonds. The van der Waals surface area contributed by atoms with Gasteiger partial charge in [-0.1, -0.05) is 36.4 Å². The molecule has 0 bridgehead atoms. The van der Waals surface area contributed by atoms with E-state index in [9.17, 15) is 34.1 Å². The zero-order valence-corrected chi connectivity index (χ0v) is 27.6. The van der Waals surface area contributed by atoms with Gasteiger partial charge in [-0.2, -0.15) is 13.8 Å². The number of hydrogen-bond donors (Lipinski definition) is 4. The summed E-state index contributed by atoms with van der Waals surface area (Å²) in [6, 6.07) is 13.7. The number of ether oxygens (including phenoxy) is 3. The third-order valence-electron chi connectivity index (χ3n) is 7.63. The van der Waals surface area contributed by atoms with E-state index >= 15 is 8.78 Å². The van der Waals surface area contributed by atoms with Gasteiger partial charge in [-0.05, 0) is 43.2 Å². The number of aromatic nitrogens is 2. The second-order valence-corrected chi connectivity index (χ2v) is 13.1. The number of furan rings is 1. The standard InChI is InChI=1S/C32H34F2N3O12P/c1-18-10-21-12-24(48-27(21)22(11-18)14-38)16-45-26(39)13-23-8-9-37(31(42)35-23)30-32(33,34)28(40)25(49-30)17-47-50(43,44)36-19(2)29(41)46-15-20-6-4-3-5-7-20/h3-12,19,25,28,30,38,40H,13-17H2,1-2H3,(H2,36,43,44)/t19-,25+,28+,30+/m0/s1. The fourth-order valence-corrected chi connectivity index (χ4v) is 6.20. The van der Waals surface area contributed by atoms with Crippen molar-refractivity contribution in [3.05, 3.63) is 99.4 Å². The Morgan fingerprint density at radius 2 is 1.88 bits per heavy atom. The maximum atomic E-state index is 15.1. The highest BCUT2D eigenvalue weighted by Crippen LogP contribution is 2.45. The van der Waals surface area contributed by atoms with Crippen LogP contribution >= 0.6 is 7.75 Å². The Kier molecular flexibility index (Phi) is 11.3. The van der Waals surface area contributed by atoms with Gasteiger partial charge in [-0.25, -0.2) is 14.4 Å². The lowest BCUT2D eigenvalue weighted by Crippen LogP contribution is -2.42. The van der Waals surface area contributed by atoms with Crippen molar-refractivity contribution in [2.45, 2.75) is 70.5 Å². The number of aryl methyl sites for hydroxylation is 1. The van der Waals surface area contributed by atoms with Gasteiger partial charge in [0.2, 0.25) is 6.23 Å². The molecule has 2 aromatic carbocycles. The first-order valence-electron chi connectivity index (χ1n) is 15.2. The molecule has 1 aliphatic rings. The van der Waals surface area contributed by atoms with Crippen LogP contribution in [0.25, 0.3) is 11.0 Å². The summed E-state index contributed by atoms with van der Waals surface area (Å²) in [7, 11) is -4.81. The summed E-state index contributed by atoms with van der Waals surface area (Å²) in [6.45, 7) is 1.45. The van der Waals surface area contributed by atoms with E-state index in [1.54, 1.807) is 42.5 Å². The van der Waals surface area contributed by atoms with Crippen molar-refractivity contribution < 1.29 is 61.2 Å². The first-order chi connectivity index (χ1) is 23.7. The molecule has 0 aliphatic carbocycles. The van der Waals surface area contributed by atoms with Crippen LogP contribution in [0.5, 0.6) is 0 Å². The first-order valence-corrected chi connectivity index (χ1v) is 16.8. The van der Waals surface area contributed by atoms with E-state index in [2.05, 4.69) is 4.98 Å². The summed E-state index contributed by atoms with van der Waals surface area (Å²) >= 11 is 0. The Morgan fingerprint density at radius 1 is 1.14 bits per heavy atom. The molecule has 18 heteroatoms. The maximum Gasteiger partial charge on any atom is 0.403 e. The number of fused-ring (bicyclic) bond motifs is 1. The van der Waals surface area contributed by atoms with Gasteiger partial charge in [0.15, 0.2) is 6.10 Å². The van der Waals surface area contributed by atoms with Gasteiger partial charge in [0.1, 0.15) is 36.7 Å². The van der Waals surface area contributed by atoms with Crippen molar-refractivity contribution in [1.29, 1.82) is 0 Å². The Balaban J connectivity index is 1.14. The topological polar surface area (TPSA) is 209 Å². The molecule has 3 heterocycles. The number of aliphatic hydroxyl groups is 2. The van der Waals surface area contributed by atoms with Crippen LogP contribution in [0.1, 0.15) is 41.3 Å². The van der Waals surface area contributed by atoms with Crippen LogP contribution in [0, 0.1) is 6.92 Å². The van der Waals surface area contributed by atoms with Gasteiger partial charge in [-0.15, -0.1) is 0 Å². The zero-order valence-electron chi connectivity index (χ0n) is 26.7. The number of rotatable bonds is 14. The smallest absolute Gasteiger partial charge is 0.403 e. The van der Waals surface area contributed by atoms with Crippen LogP contribution in [0.2, 0.25) is 0 Å². The van der Waals surface area contributed by atoms with E-state index in [0.29, 0.717) is 32.4 Å². The predicted octanol–water partition coefficient (Wildman–Crippen LogP) is 2.81. The third-order valence-corrected chi connectivity index (χ3v) is 8.84. The maximum absolute atomic E-state index is 15.1. The summed E-state index contributed by atoms with van der Waals surface area (Å²) in [6.07, 6.45) is -6.43. The van der Waals surface area contributed by atoms with Crippen LogP contribution in [0.4, 0.5) is 8.78 Å². The van der Waals surface area contributed by atoms with Crippen LogP contribution in [0.3, 0.4) is 0 Å². The van der Waals surface area contributed by atoms with Crippen molar-refractivity contribution in [2.75, 3.05) is 6.61 Å². The van der Waals surface area contributed by atoms with Crippen LogP contribution in [-0.4, -0.2) is 67.4 Å². The third kappa shape index (κ3) is 8.68. The molecule has 4 aromatic rings. The van der Waals surface area contributed by atoms with Gasteiger partial charge in [0.05, 0.1) is 25.3 Å². The molecule has 50 heavy (non-hydrogen) atoms. The monoisotopic (exact) mass is 721 g/mol. The van der Waals surface area contributed by atoms with E-state index in [-0.39, 0.29) is 25.5 Å². The van der Waals surface area contributed by atoms with Crippen molar-refractivity contribution in [2.24, 2.45) is 0 Å². The molecule has 1 aliphatic heterocycles. The number of halogens is 2. The Labute approximate surface area is 282 Å². The number of esters is 2. The number of nitrogens with zero attached hydrogens (tertiary/aromatic N) is 2. The second kappa shape index (κ2) is 15.3. The lowest BCUT2D eigenvalue weighted by molar-refractivity contribution is -0.147. The molecular weight excluding hydrogens is 687 g/mol. The number of aliphatic hydroxyl groups excluding tert-OH is 2. The van der Waals surface area contributed by atoms with Crippen LogP contribution in [0.15, 0.2) is 70.0 Å². The molecule has 4 N–H and O–H groups in total. The average Bonchev–Trinajstić information content (AvgIpc) is 3.58. The number of hydrogen-bond acceptors (Lipinski definition) is 12. The normalized spacial score (nSPS) is 20.3. The average molecular weight is 722 g/mol. The van der Waals surface area contributed by atoms with Crippen molar-refractivity contribution in [3.63, 3.8) is 0 Å². The van der Waals surface area contributed by atoms with Gasteiger partial charge in [-0.3, -0.25) is 18.7 Å². The van der Waals surface area contributed by atoms with Crippen molar-refractivity contribution in [1.82, 2.24) is 14.6 Å². The summed E-state index contributed by atoms with van der Waals surface area (Å²) in [4.78, 5) is 51.2. The Morgan fingerprint density at radius 3 is 2.58 bits per heavy atom. The predicted molar refractivity (Wildman–Crippen MR) is 168 cm³/mol. The second-order valence-electron chi connectivity index (χ2n) is 11.6. The molecule has 1 fully saturated rings. The molecule has 0 spiro atoms. The number of carbonyl (C=O) groups is 2. The lowest BCUT2D eigenvalue weighted by Gasteiger charge is -2.21. The fraction of sp³-hybridized carbons (Fsp3) is 0.375. The summed E-state index contributed by atoms with van der Waals surface area (Å²) in [5.41, 5.74) is 1.25. The molecule has 2 aromatic heterocycles.